The van der Waals surface area contributed by atoms with Gasteiger partial charge >= 0.3 is 0 Å². The Balaban J connectivity index is 2.09. The molecule has 2 aromatic heterocycles. The largest absolute Gasteiger partial charge is 0.302 e. The van der Waals surface area contributed by atoms with E-state index in [9.17, 15) is 4.39 Å². The molecule has 2 rings (SSSR count). The van der Waals surface area contributed by atoms with E-state index < -0.39 is 0 Å². The molecule has 0 aliphatic heterocycles. The minimum absolute atomic E-state index is 0.115. The summed E-state index contributed by atoms with van der Waals surface area (Å²) in [5.74, 6) is -0.305. The van der Waals surface area contributed by atoms with Gasteiger partial charge in [-0.2, -0.15) is 0 Å². The summed E-state index contributed by atoms with van der Waals surface area (Å²) < 4.78 is 12.9. The molecular weight excluding hydrogens is 241 g/mol. The van der Waals surface area contributed by atoms with Crippen molar-refractivity contribution in [2.45, 2.75) is 32.4 Å². The van der Waals surface area contributed by atoms with E-state index in [1.165, 1.54) is 17.8 Å². The van der Waals surface area contributed by atoms with Gasteiger partial charge in [-0.05, 0) is 43.2 Å². The molecule has 0 amide bonds. The van der Waals surface area contributed by atoms with Crippen LogP contribution < -0.4 is 5.32 Å². The van der Waals surface area contributed by atoms with E-state index >= 15 is 0 Å². The second-order valence-corrected chi connectivity index (χ2v) is 4.53. The standard InChI is InChI=1S/C15H18FN3/c1-3-14(15-5-4-13(16)10-18-15)19-11(2)12-6-8-17-9-7-12/h4-11,14,19H,3H2,1-2H3. The van der Waals surface area contributed by atoms with Crippen molar-refractivity contribution in [3.8, 4) is 0 Å². The van der Waals surface area contributed by atoms with Gasteiger partial charge in [0.15, 0.2) is 0 Å². The summed E-state index contributed by atoms with van der Waals surface area (Å²) in [5.41, 5.74) is 2.04. The molecule has 1 N–H and O–H groups in total. The summed E-state index contributed by atoms with van der Waals surface area (Å²) in [7, 11) is 0. The minimum Gasteiger partial charge on any atom is -0.302 e. The summed E-state index contributed by atoms with van der Waals surface area (Å²) in [4.78, 5) is 8.16. The zero-order valence-corrected chi connectivity index (χ0v) is 11.2. The Morgan fingerprint density at radius 3 is 2.53 bits per heavy atom. The van der Waals surface area contributed by atoms with Crippen molar-refractivity contribution in [1.29, 1.82) is 0 Å². The molecule has 0 saturated carbocycles. The van der Waals surface area contributed by atoms with Gasteiger partial charge in [-0.1, -0.05) is 6.92 Å². The fourth-order valence-corrected chi connectivity index (χ4v) is 2.06. The Bertz CT molecular complexity index is 499. The van der Waals surface area contributed by atoms with Gasteiger partial charge in [-0.3, -0.25) is 9.97 Å². The molecule has 2 heterocycles. The topological polar surface area (TPSA) is 37.8 Å². The van der Waals surface area contributed by atoms with Crippen molar-refractivity contribution < 1.29 is 4.39 Å². The van der Waals surface area contributed by atoms with Crippen molar-refractivity contribution in [2.75, 3.05) is 0 Å². The smallest absolute Gasteiger partial charge is 0.141 e. The molecular formula is C15H18FN3. The van der Waals surface area contributed by atoms with Crippen LogP contribution in [0.4, 0.5) is 4.39 Å². The van der Waals surface area contributed by atoms with Gasteiger partial charge in [0, 0.05) is 24.5 Å². The lowest BCUT2D eigenvalue weighted by molar-refractivity contribution is 0.446. The van der Waals surface area contributed by atoms with Gasteiger partial charge in [0.05, 0.1) is 11.9 Å². The van der Waals surface area contributed by atoms with Crippen LogP contribution >= 0.6 is 0 Å². The van der Waals surface area contributed by atoms with Crippen LogP contribution in [0.3, 0.4) is 0 Å². The molecule has 0 radical (unpaired) electrons. The molecule has 3 nitrogen and oxygen atoms in total. The number of pyridine rings is 2. The lowest BCUT2D eigenvalue weighted by Crippen LogP contribution is -2.25. The van der Waals surface area contributed by atoms with Crippen LogP contribution in [0.2, 0.25) is 0 Å². The van der Waals surface area contributed by atoms with Crippen LogP contribution in [0, 0.1) is 5.82 Å². The zero-order chi connectivity index (χ0) is 13.7. The van der Waals surface area contributed by atoms with E-state index in [2.05, 4.69) is 29.1 Å². The Kier molecular flexibility index (Phi) is 4.58. The van der Waals surface area contributed by atoms with Crippen molar-refractivity contribution in [3.05, 3.63) is 59.9 Å². The van der Waals surface area contributed by atoms with E-state index in [1.54, 1.807) is 18.5 Å². The normalized spacial score (nSPS) is 14.1. The highest BCUT2D eigenvalue weighted by Crippen LogP contribution is 2.20. The SMILES string of the molecule is CCC(NC(C)c1ccncc1)c1ccc(F)cn1. The molecule has 0 fully saturated rings. The van der Waals surface area contributed by atoms with E-state index in [1.807, 2.05) is 12.1 Å². The predicted octanol–water partition coefficient (Wildman–Crippen LogP) is 3.42. The van der Waals surface area contributed by atoms with Crippen molar-refractivity contribution >= 4 is 0 Å². The van der Waals surface area contributed by atoms with Crippen LogP contribution in [0.15, 0.2) is 42.9 Å². The first kappa shape index (κ1) is 13.6. The molecule has 0 aliphatic rings. The Morgan fingerprint density at radius 1 is 1.21 bits per heavy atom. The number of nitrogens with zero attached hydrogens (tertiary/aromatic N) is 2. The molecule has 2 aromatic rings. The molecule has 4 heteroatoms. The Labute approximate surface area is 112 Å². The first-order valence-electron chi connectivity index (χ1n) is 6.48. The second-order valence-electron chi connectivity index (χ2n) is 4.53. The molecule has 0 aliphatic carbocycles. The summed E-state index contributed by atoms with van der Waals surface area (Å²) in [6, 6.07) is 7.47. The summed E-state index contributed by atoms with van der Waals surface area (Å²) in [5, 5.41) is 3.51. The lowest BCUT2D eigenvalue weighted by Gasteiger charge is -2.22. The number of rotatable bonds is 5. The van der Waals surface area contributed by atoms with Gasteiger partial charge in [-0.25, -0.2) is 4.39 Å². The van der Waals surface area contributed by atoms with Gasteiger partial charge in [-0.15, -0.1) is 0 Å². The summed E-state index contributed by atoms with van der Waals surface area (Å²) in [6.07, 6.45) is 5.72. The molecule has 2 unspecified atom stereocenters. The van der Waals surface area contributed by atoms with Crippen molar-refractivity contribution in [3.63, 3.8) is 0 Å². The van der Waals surface area contributed by atoms with Crippen molar-refractivity contribution in [1.82, 2.24) is 15.3 Å². The fourth-order valence-electron chi connectivity index (χ4n) is 2.06. The number of aromatic nitrogens is 2. The molecule has 100 valence electrons. The molecule has 19 heavy (non-hydrogen) atoms. The lowest BCUT2D eigenvalue weighted by atomic mass is 10.1. The highest BCUT2D eigenvalue weighted by atomic mass is 19.1. The van der Waals surface area contributed by atoms with Crippen LogP contribution in [0.5, 0.6) is 0 Å². The average Bonchev–Trinajstić information content (AvgIpc) is 2.46. The fraction of sp³-hybridized carbons (Fsp3) is 0.333. The van der Waals surface area contributed by atoms with Crippen LogP contribution in [-0.4, -0.2) is 9.97 Å². The van der Waals surface area contributed by atoms with Gasteiger partial charge in [0.1, 0.15) is 5.82 Å². The first-order chi connectivity index (χ1) is 9.20. The molecule has 0 aromatic carbocycles. The monoisotopic (exact) mass is 259 g/mol. The highest BCUT2D eigenvalue weighted by molar-refractivity contribution is 5.16. The summed E-state index contributed by atoms with van der Waals surface area (Å²) >= 11 is 0. The number of hydrogen-bond acceptors (Lipinski definition) is 3. The number of nitrogens with one attached hydrogen (secondary N) is 1. The number of hydrogen-bond donors (Lipinski definition) is 1. The summed E-state index contributed by atoms with van der Waals surface area (Å²) in [6.45, 7) is 4.18. The van der Waals surface area contributed by atoms with Crippen LogP contribution in [0.25, 0.3) is 0 Å². The maximum Gasteiger partial charge on any atom is 0.141 e. The minimum atomic E-state index is -0.305. The second kappa shape index (κ2) is 6.38. The van der Waals surface area contributed by atoms with E-state index in [0.717, 1.165) is 12.1 Å². The molecule has 0 saturated heterocycles. The number of halogens is 1. The quantitative estimate of drug-likeness (QED) is 0.894. The van der Waals surface area contributed by atoms with Gasteiger partial charge in [0.25, 0.3) is 0 Å². The third kappa shape index (κ3) is 3.58. The third-order valence-electron chi connectivity index (χ3n) is 3.17. The predicted molar refractivity (Wildman–Crippen MR) is 73.0 cm³/mol. The molecule has 2 atom stereocenters. The van der Waals surface area contributed by atoms with E-state index in [0.29, 0.717) is 0 Å². The van der Waals surface area contributed by atoms with E-state index in [-0.39, 0.29) is 17.9 Å². The first-order valence-corrected chi connectivity index (χ1v) is 6.48. The van der Waals surface area contributed by atoms with Gasteiger partial charge in [0.2, 0.25) is 0 Å². The Morgan fingerprint density at radius 2 is 1.95 bits per heavy atom. The highest BCUT2D eigenvalue weighted by Gasteiger charge is 2.14. The third-order valence-corrected chi connectivity index (χ3v) is 3.17. The molecule has 0 bridgehead atoms. The van der Waals surface area contributed by atoms with Gasteiger partial charge < -0.3 is 5.32 Å². The van der Waals surface area contributed by atoms with Crippen LogP contribution in [-0.2, 0) is 0 Å². The maximum atomic E-state index is 12.9. The maximum absolute atomic E-state index is 12.9. The van der Waals surface area contributed by atoms with Crippen LogP contribution in [0.1, 0.15) is 43.6 Å². The average molecular weight is 259 g/mol. The Hall–Kier alpha value is -1.81. The molecule has 0 spiro atoms. The zero-order valence-electron chi connectivity index (χ0n) is 11.2. The van der Waals surface area contributed by atoms with Crippen molar-refractivity contribution in [2.24, 2.45) is 0 Å². The van der Waals surface area contributed by atoms with E-state index in [4.69, 9.17) is 0 Å².